The van der Waals surface area contributed by atoms with Gasteiger partial charge in [-0.05, 0) is 35.4 Å². The summed E-state index contributed by atoms with van der Waals surface area (Å²) in [5, 5.41) is 16.1. The summed E-state index contributed by atoms with van der Waals surface area (Å²) in [6.45, 7) is 4.14. The molecule has 5 rings (SSSR count). The first-order valence-electron chi connectivity index (χ1n) is 14.3. The molecule has 0 unspecified atom stereocenters. The molecule has 41 heavy (non-hydrogen) atoms. The Morgan fingerprint density at radius 2 is 1.88 bits per heavy atom. The van der Waals surface area contributed by atoms with Gasteiger partial charge in [0.15, 0.2) is 0 Å². The van der Waals surface area contributed by atoms with Crippen molar-refractivity contribution in [1.82, 2.24) is 26.0 Å². The molecule has 0 saturated carbocycles. The van der Waals surface area contributed by atoms with E-state index in [9.17, 15) is 19.2 Å². The van der Waals surface area contributed by atoms with Gasteiger partial charge in [0.05, 0.1) is 18.4 Å². The molecule has 214 valence electrons. The molecule has 0 fully saturated rings. The fraction of sp³-hybridized carbons (Fsp3) is 0.419. The highest BCUT2D eigenvalue weighted by Gasteiger charge is 2.44. The molecule has 0 radical (unpaired) electrons. The summed E-state index contributed by atoms with van der Waals surface area (Å²) in [7, 11) is 0. The van der Waals surface area contributed by atoms with Gasteiger partial charge >= 0.3 is 0 Å². The molecule has 4 atom stereocenters. The average molecular weight is 557 g/mol. The van der Waals surface area contributed by atoms with Crippen molar-refractivity contribution >= 4 is 29.2 Å². The number of H-pyrrole nitrogens is 1. The van der Waals surface area contributed by atoms with E-state index < -0.39 is 18.0 Å². The first-order chi connectivity index (χ1) is 19.9. The summed E-state index contributed by atoms with van der Waals surface area (Å²) < 4.78 is 0. The zero-order chi connectivity index (χ0) is 28.9. The quantitative estimate of drug-likeness (QED) is 0.332. The highest BCUT2D eigenvalue weighted by molar-refractivity contribution is 6.08. The summed E-state index contributed by atoms with van der Waals surface area (Å²) in [6, 6.07) is 13.8. The van der Waals surface area contributed by atoms with Crippen LogP contribution in [0, 0.1) is 11.8 Å². The Bertz CT molecular complexity index is 1410. The lowest BCUT2D eigenvalue weighted by Gasteiger charge is -2.29. The molecular formula is C31H36N6O4. The van der Waals surface area contributed by atoms with Gasteiger partial charge < -0.3 is 10.6 Å². The highest BCUT2D eigenvalue weighted by atomic mass is 16.2. The van der Waals surface area contributed by atoms with Crippen molar-refractivity contribution in [2.75, 3.05) is 4.90 Å². The number of amides is 3. The number of carbonyl (C=O) groups excluding carboxylic acids is 4. The van der Waals surface area contributed by atoms with E-state index in [1.54, 1.807) is 4.90 Å². The molecule has 10 nitrogen and oxygen atoms in total. The fourth-order valence-electron chi connectivity index (χ4n) is 5.84. The van der Waals surface area contributed by atoms with Crippen LogP contribution in [0.5, 0.6) is 0 Å². The number of Topliss-reactive ketones (excluding diaryl/α,β-unsaturated/α-hetero) is 1. The van der Waals surface area contributed by atoms with E-state index in [0.717, 1.165) is 28.8 Å². The molecule has 2 aliphatic rings. The van der Waals surface area contributed by atoms with Crippen LogP contribution in [-0.4, -0.2) is 51.0 Å². The Morgan fingerprint density at radius 3 is 2.61 bits per heavy atom. The van der Waals surface area contributed by atoms with Gasteiger partial charge in [-0.2, -0.15) is 15.4 Å². The van der Waals surface area contributed by atoms with E-state index in [4.69, 9.17) is 0 Å². The molecule has 0 spiro atoms. The average Bonchev–Trinajstić information content (AvgIpc) is 3.62. The van der Waals surface area contributed by atoms with Gasteiger partial charge in [0.1, 0.15) is 23.6 Å². The molecule has 3 amide bonds. The predicted octanol–water partition coefficient (Wildman–Crippen LogP) is 2.67. The van der Waals surface area contributed by atoms with Crippen LogP contribution in [-0.2, 0) is 45.0 Å². The second kappa shape index (κ2) is 12.4. The minimum Gasteiger partial charge on any atom is -0.348 e. The van der Waals surface area contributed by atoms with Gasteiger partial charge in [0.2, 0.25) is 17.7 Å². The lowest BCUT2D eigenvalue weighted by molar-refractivity contribution is -0.134. The highest BCUT2D eigenvalue weighted by Crippen LogP contribution is 2.39. The summed E-state index contributed by atoms with van der Waals surface area (Å²) >= 11 is 0. The molecule has 3 aromatic rings. The van der Waals surface area contributed by atoms with Gasteiger partial charge in [-0.1, -0.05) is 68.8 Å². The van der Waals surface area contributed by atoms with Gasteiger partial charge in [0, 0.05) is 25.2 Å². The predicted molar refractivity (Wildman–Crippen MR) is 153 cm³/mol. The number of ketones is 1. The van der Waals surface area contributed by atoms with Crippen molar-refractivity contribution in [2.45, 2.75) is 71.0 Å². The lowest BCUT2D eigenvalue weighted by Crippen LogP contribution is -2.55. The van der Waals surface area contributed by atoms with E-state index in [-0.39, 0.29) is 48.8 Å². The number of nitrogens with zero attached hydrogens (tertiary/aromatic N) is 3. The summed E-state index contributed by atoms with van der Waals surface area (Å²) in [4.78, 5) is 55.5. The third-order valence-corrected chi connectivity index (χ3v) is 8.29. The zero-order valence-corrected chi connectivity index (χ0v) is 23.4. The van der Waals surface area contributed by atoms with E-state index >= 15 is 0 Å². The van der Waals surface area contributed by atoms with Crippen LogP contribution in [0.3, 0.4) is 0 Å². The maximum Gasteiger partial charge on any atom is 0.250 e. The summed E-state index contributed by atoms with van der Waals surface area (Å²) in [5.74, 6) is -1.49. The number of aromatic amines is 1. The third kappa shape index (κ3) is 6.21. The molecule has 1 aromatic heterocycles. The van der Waals surface area contributed by atoms with Crippen molar-refractivity contribution < 1.29 is 19.2 Å². The van der Waals surface area contributed by atoms with Gasteiger partial charge in [-0.15, -0.1) is 0 Å². The standard InChI is InChI=1S/C31H36N6O4/c1-3-19(2)25(16-24(38)14-20-8-5-4-6-9-20)29(39)34-26-13-12-21-10-7-11-22-15-27(37(28(21)22)31(26)41)30(40)32-17-23-18-33-36-35-23/h4-11,18-19,25-27H,3,12-17H2,1-2H3,(H,32,40)(H,34,39)(H,33,35,36)/t19-,25-,26-,27-/m0/s1. The van der Waals surface area contributed by atoms with Gasteiger partial charge in [-0.25, -0.2) is 0 Å². The fourth-order valence-corrected chi connectivity index (χ4v) is 5.84. The first-order valence-corrected chi connectivity index (χ1v) is 14.3. The number of aryl methyl sites for hydroxylation is 1. The SMILES string of the molecule is CC[C@H](C)[C@H](CC(=O)Cc1ccccc1)C(=O)N[C@H]1CCc2cccc3c2N(C1=O)[C@H](C(=O)NCc1cn[nH]n1)C3. The number of hydrogen-bond donors (Lipinski definition) is 3. The van der Waals surface area contributed by atoms with E-state index in [2.05, 4.69) is 26.0 Å². The maximum atomic E-state index is 14.0. The largest absolute Gasteiger partial charge is 0.348 e. The molecule has 2 aromatic carbocycles. The van der Waals surface area contributed by atoms with Crippen molar-refractivity contribution in [3.05, 3.63) is 77.1 Å². The number of rotatable bonds is 11. The van der Waals surface area contributed by atoms with Crippen molar-refractivity contribution in [3.8, 4) is 0 Å². The first kappa shape index (κ1) is 28.2. The van der Waals surface area contributed by atoms with Crippen LogP contribution >= 0.6 is 0 Å². The van der Waals surface area contributed by atoms with Crippen molar-refractivity contribution in [2.24, 2.45) is 11.8 Å². The van der Waals surface area contributed by atoms with Gasteiger partial charge in [-0.3, -0.25) is 24.1 Å². The van der Waals surface area contributed by atoms with Crippen LogP contribution in [0.15, 0.2) is 54.7 Å². The second-order valence-electron chi connectivity index (χ2n) is 11.0. The van der Waals surface area contributed by atoms with Crippen LogP contribution in [0.4, 0.5) is 5.69 Å². The summed E-state index contributed by atoms with van der Waals surface area (Å²) in [5.41, 5.74) is 4.19. The van der Waals surface area contributed by atoms with Crippen molar-refractivity contribution in [3.63, 3.8) is 0 Å². The molecule has 0 bridgehead atoms. The second-order valence-corrected chi connectivity index (χ2v) is 11.0. The number of carbonyl (C=O) groups is 4. The van der Waals surface area contributed by atoms with Crippen LogP contribution in [0.1, 0.15) is 55.5 Å². The Hall–Kier alpha value is -4.34. The Kier molecular flexibility index (Phi) is 8.56. The van der Waals surface area contributed by atoms with E-state index in [0.29, 0.717) is 25.0 Å². The minimum absolute atomic E-state index is 0.00993. The monoisotopic (exact) mass is 556 g/mol. The molecular weight excluding hydrogens is 520 g/mol. The summed E-state index contributed by atoms with van der Waals surface area (Å²) in [6.07, 6.45) is 4.02. The lowest BCUT2D eigenvalue weighted by atomic mass is 9.85. The Balaban J connectivity index is 1.32. The maximum absolute atomic E-state index is 14.0. The number of benzene rings is 2. The van der Waals surface area contributed by atoms with E-state index in [1.165, 1.54) is 6.20 Å². The Morgan fingerprint density at radius 1 is 1.10 bits per heavy atom. The normalized spacial score (nSPS) is 19.2. The number of para-hydroxylation sites is 1. The molecule has 2 aliphatic heterocycles. The molecule has 0 saturated heterocycles. The molecule has 10 heteroatoms. The minimum atomic E-state index is -0.803. The number of aromatic nitrogens is 3. The molecule has 3 heterocycles. The molecule has 3 N–H and O–H groups in total. The third-order valence-electron chi connectivity index (χ3n) is 8.29. The topological polar surface area (TPSA) is 137 Å². The number of nitrogens with one attached hydrogen (secondary N) is 3. The number of anilines is 1. The van der Waals surface area contributed by atoms with Crippen LogP contribution in [0.25, 0.3) is 0 Å². The van der Waals surface area contributed by atoms with Gasteiger partial charge in [0.25, 0.3) is 0 Å². The zero-order valence-electron chi connectivity index (χ0n) is 23.4. The van der Waals surface area contributed by atoms with Crippen molar-refractivity contribution in [1.29, 1.82) is 0 Å². The molecule has 0 aliphatic carbocycles. The van der Waals surface area contributed by atoms with Crippen LogP contribution < -0.4 is 15.5 Å². The van der Waals surface area contributed by atoms with Crippen LogP contribution in [0.2, 0.25) is 0 Å². The Labute approximate surface area is 239 Å². The van der Waals surface area contributed by atoms with E-state index in [1.807, 2.05) is 62.4 Å². The number of hydrogen-bond acceptors (Lipinski definition) is 6. The smallest absolute Gasteiger partial charge is 0.250 e.